The fourth-order valence-corrected chi connectivity index (χ4v) is 3.60. The van der Waals surface area contributed by atoms with Gasteiger partial charge in [0.2, 0.25) is 0 Å². The van der Waals surface area contributed by atoms with Crippen LogP contribution in [0.1, 0.15) is 26.4 Å². The van der Waals surface area contributed by atoms with Gasteiger partial charge in [-0.25, -0.2) is 0 Å². The lowest BCUT2D eigenvalue weighted by molar-refractivity contribution is 0.0736. The van der Waals surface area contributed by atoms with Crippen LogP contribution in [0.4, 0.5) is 0 Å². The van der Waals surface area contributed by atoms with Crippen LogP contribution in [0.2, 0.25) is 0 Å². The Kier molecular flexibility index (Phi) is 3.71. The molecule has 19 heavy (non-hydrogen) atoms. The molecule has 0 bridgehead atoms. The van der Waals surface area contributed by atoms with Crippen LogP contribution in [0.3, 0.4) is 0 Å². The van der Waals surface area contributed by atoms with Gasteiger partial charge in [0, 0.05) is 28.9 Å². The van der Waals surface area contributed by atoms with Gasteiger partial charge in [-0.2, -0.15) is 0 Å². The van der Waals surface area contributed by atoms with Crippen molar-refractivity contribution in [2.24, 2.45) is 0 Å². The van der Waals surface area contributed by atoms with E-state index in [-0.39, 0.29) is 5.91 Å². The van der Waals surface area contributed by atoms with Crippen molar-refractivity contribution in [1.82, 2.24) is 4.90 Å². The summed E-state index contributed by atoms with van der Waals surface area (Å²) in [6.45, 7) is 1.57. The quantitative estimate of drug-likeness (QED) is 0.763. The van der Waals surface area contributed by atoms with E-state index < -0.39 is 0 Å². The lowest BCUT2D eigenvalue weighted by Gasteiger charge is -2.27. The molecular formula is C15H14BrNOS. The molecule has 0 atom stereocenters. The van der Waals surface area contributed by atoms with Crippen molar-refractivity contribution < 1.29 is 4.79 Å². The van der Waals surface area contributed by atoms with Crippen LogP contribution in [-0.4, -0.2) is 17.4 Å². The molecule has 1 amide bonds. The zero-order valence-corrected chi connectivity index (χ0v) is 12.8. The van der Waals surface area contributed by atoms with Crippen LogP contribution in [0.5, 0.6) is 0 Å². The Hall–Kier alpha value is -1.13. The molecule has 0 saturated heterocycles. The fourth-order valence-electron chi connectivity index (χ4n) is 2.34. The highest BCUT2D eigenvalue weighted by atomic mass is 79.9. The number of amides is 1. The topological polar surface area (TPSA) is 20.3 Å². The first-order valence-electron chi connectivity index (χ1n) is 6.27. The third-order valence-corrected chi connectivity index (χ3v) is 5.12. The molecule has 0 radical (unpaired) electrons. The van der Waals surface area contributed by atoms with Crippen molar-refractivity contribution in [2.45, 2.75) is 18.3 Å². The van der Waals surface area contributed by atoms with Crippen LogP contribution in [0, 0.1) is 0 Å². The number of carbonyl (C=O) groups is 1. The zero-order valence-electron chi connectivity index (χ0n) is 10.4. The van der Waals surface area contributed by atoms with Gasteiger partial charge < -0.3 is 4.90 Å². The van der Waals surface area contributed by atoms with E-state index in [9.17, 15) is 4.79 Å². The number of benzene rings is 1. The summed E-state index contributed by atoms with van der Waals surface area (Å²) in [4.78, 5) is 15.8. The summed E-state index contributed by atoms with van der Waals surface area (Å²) >= 11 is 5.21. The van der Waals surface area contributed by atoms with Gasteiger partial charge in [0.25, 0.3) is 5.91 Å². The number of carbonyl (C=O) groups excluding carboxylic acids is 1. The molecule has 0 N–H and O–H groups in total. The third-order valence-electron chi connectivity index (χ3n) is 3.45. The molecular weight excluding hydrogens is 322 g/mol. The molecule has 4 heteroatoms. The van der Waals surface area contributed by atoms with Crippen molar-refractivity contribution in [1.29, 1.82) is 0 Å². The van der Waals surface area contributed by atoms with Gasteiger partial charge in [0.1, 0.15) is 0 Å². The molecule has 98 valence electrons. The van der Waals surface area contributed by atoms with Gasteiger partial charge in [-0.05, 0) is 41.1 Å². The Morgan fingerprint density at radius 2 is 2.05 bits per heavy atom. The molecule has 2 aromatic rings. The van der Waals surface area contributed by atoms with Crippen LogP contribution in [0.25, 0.3) is 0 Å². The predicted octanol–water partition coefficient (Wildman–Crippen LogP) is 3.84. The molecule has 1 aliphatic heterocycles. The molecule has 1 aromatic heterocycles. The van der Waals surface area contributed by atoms with E-state index in [1.807, 2.05) is 29.2 Å². The van der Waals surface area contributed by atoms with Gasteiger partial charge in [-0.15, -0.1) is 11.3 Å². The Balaban J connectivity index is 1.77. The van der Waals surface area contributed by atoms with Gasteiger partial charge in [0.05, 0.1) is 0 Å². The number of thiophene rings is 1. The van der Waals surface area contributed by atoms with E-state index in [1.54, 1.807) is 11.3 Å². The summed E-state index contributed by atoms with van der Waals surface area (Å²) < 4.78 is 0. The van der Waals surface area contributed by atoms with E-state index in [2.05, 4.69) is 27.4 Å². The summed E-state index contributed by atoms with van der Waals surface area (Å²) in [5.41, 5.74) is 3.28. The second kappa shape index (κ2) is 5.47. The molecule has 2 nitrogen and oxygen atoms in total. The molecule has 0 saturated carbocycles. The highest BCUT2D eigenvalue weighted by Gasteiger charge is 2.22. The maximum absolute atomic E-state index is 12.4. The van der Waals surface area contributed by atoms with E-state index in [0.29, 0.717) is 0 Å². The van der Waals surface area contributed by atoms with E-state index in [1.165, 1.54) is 16.0 Å². The molecule has 2 heterocycles. The molecule has 1 aromatic carbocycles. The standard InChI is InChI=1S/C15H14BrNOS/c16-9-11-1-3-12(4-2-11)15(18)17-7-5-14-13(10-17)6-8-19-14/h1-4,6,8H,5,7,9-10H2. The van der Waals surface area contributed by atoms with E-state index in [0.717, 1.165) is 30.4 Å². The summed E-state index contributed by atoms with van der Waals surface area (Å²) in [6.07, 6.45) is 0.984. The highest BCUT2D eigenvalue weighted by Crippen LogP contribution is 2.25. The first-order chi connectivity index (χ1) is 9.28. The molecule has 0 unspecified atom stereocenters. The second-order valence-electron chi connectivity index (χ2n) is 4.68. The normalized spacial score (nSPS) is 14.3. The van der Waals surface area contributed by atoms with Crippen molar-refractivity contribution in [2.75, 3.05) is 6.54 Å². The summed E-state index contributed by atoms with van der Waals surface area (Å²) in [7, 11) is 0. The lowest BCUT2D eigenvalue weighted by atomic mass is 10.1. The number of hydrogen-bond donors (Lipinski definition) is 0. The smallest absolute Gasteiger partial charge is 0.254 e. The van der Waals surface area contributed by atoms with Crippen molar-refractivity contribution in [3.63, 3.8) is 0 Å². The lowest BCUT2D eigenvalue weighted by Crippen LogP contribution is -2.35. The molecule has 0 fully saturated rings. The van der Waals surface area contributed by atoms with Crippen LogP contribution < -0.4 is 0 Å². The first-order valence-corrected chi connectivity index (χ1v) is 8.27. The highest BCUT2D eigenvalue weighted by molar-refractivity contribution is 9.08. The fraction of sp³-hybridized carbons (Fsp3) is 0.267. The van der Waals surface area contributed by atoms with Crippen molar-refractivity contribution in [3.05, 3.63) is 57.3 Å². The molecule has 1 aliphatic rings. The number of hydrogen-bond acceptors (Lipinski definition) is 2. The van der Waals surface area contributed by atoms with Crippen LogP contribution in [0.15, 0.2) is 35.7 Å². The molecule has 0 aliphatic carbocycles. The number of nitrogens with zero attached hydrogens (tertiary/aromatic N) is 1. The monoisotopic (exact) mass is 335 g/mol. The van der Waals surface area contributed by atoms with E-state index >= 15 is 0 Å². The zero-order chi connectivity index (χ0) is 13.2. The summed E-state index contributed by atoms with van der Waals surface area (Å²) in [5, 5.41) is 2.94. The van der Waals surface area contributed by atoms with Gasteiger partial charge in [0.15, 0.2) is 0 Å². The Morgan fingerprint density at radius 1 is 1.26 bits per heavy atom. The minimum atomic E-state index is 0.137. The number of rotatable bonds is 2. The maximum atomic E-state index is 12.4. The minimum absolute atomic E-state index is 0.137. The predicted molar refractivity (Wildman–Crippen MR) is 81.8 cm³/mol. The average Bonchev–Trinajstić information content (AvgIpc) is 2.94. The van der Waals surface area contributed by atoms with E-state index in [4.69, 9.17) is 0 Å². The largest absolute Gasteiger partial charge is 0.334 e. The Labute approximate surface area is 125 Å². The van der Waals surface area contributed by atoms with Crippen molar-refractivity contribution in [3.8, 4) is 0 Å². The van der Waals surface area contributed by atoms with Gasteiger partial charge in [-0.1, -0.05) is 28.1 Å². The maximum Gasteiger partial charge on any atom is 0.254 e. The Morgan fingerprint density at radius 3 is 2.79 bits per heavy atom. The number of halogens is 1. The Bertz CT molecular complexity index is 590. The van der Waals surface area contributed by atoms with Crippen LogP contribution >= 0.6 is 27.3 Å². The third kappa shape index (κ3) is 2.60. The van der Waals surface area contributed by atoms with Crippen molar-refractivity contribution >= 4 is 33.2 Å². The minimum Gasteiger partial charge on any atom is -0.334 e. The number of fused-ring (bicyclic) bond motifs is 1. The summed E-state index contributed by atoms with van der Waals surface area (Å²) in [6, 6.07) is 9.97. The summed E-state index contributed by atoms with van der Waals surface area (Å²) in [5.74, 6) is 0.137. The molecule has 0 spiro atoms. The van der Waals surface area contributed by atoms with Gasteiger partial charge >= 0.3 is 0 Å². The molecule has 3 rings (SSSR count). The first kappa shape index (κ1) is 12.9. The second-order valence-corrected chi connectivity index (χ2v) is 6.24. The average molecular weight is 336 g/mol. The van der Waals surface area contributed by atoms with Crippen LogP contribution in [-0.2, 0) is 18.3 Å². The number of alkyl halides is 1. The van der Waals surface area contributed by atoms with Gasteiger partial charge in [-0.3, -0.25) is 4.79 Å². The SMILES string of the molecule is O=C(c1ccc(CBr)cc1)N1CCc2sccc2C1.